The molecule has 2 heterocycles. The van der Waals surface area contributed by atoms with Crippen LogP contribution in [0.3, 0.4) is 0 Å². The fourth-order valence-corrected chi connectivity index (χ4v) is 4.88. The molecule has 0 saturated carbocycles. The van der Waals surface area contributed by atoms with E-state index in [2.05, 4.69) is 26.6 Å². The minimum absolute atomic E-state index is 0.0412. The zero-order chi connectivity index (χ0) is 37.5. The third-order valence-electron chi connectivity index (χ3n) is 7.45. The number of aliphatic hydroxyl groups is 1. The van der Waals surface area contributed by atoms with E-state index in [1.807, 2.05) is 81.4 Å². The van der Waals surface area contributed by atoms with Crippen LogP contribution in [-0.2, 0) is 37.0 Å². The van der Waals surface area contributed by atoms with Gasteiger partial charge in [-0.2, -0.15) is 0 Å². The lowest BCUT2D eigenvalue weighted by molar-refractivity contribution is -0.125. The minimum atomic E-state index is -0.557. The summed E-state index contributed by atoms with van der Waals surface area (Å²) in [5.41, 5.74) is 1.29. The number of carbonyl (C=O) groups is 5. The Bertz CT molecular complexity index is 1340. The molecular formula is C36H54N6O9. The highest BCUT2D eigenvalue weighted by atomic mass is 16.6. The molecular weight excluding hydrogens is 660 g/mol. The van der Waals surface area contributed by atoms with E-state index in [1.165, 1.54) is 0 Å². The Kier molecular flexibility index (Phi) is 19.5. The Balaban J connectivity index is 0.000000349. The largest absolute Gasteiger partial charge is 0.445 e. The van der Waals surface area contributed by atoms with Crippen molar-refractivity contribution >= 4 is 30.1 Å². The first-order valence-corrected chi connectivity index (χ1v) is 17.1. The standard InChI is InChI=1S/C20H29N3O5.C15H21N3O3.CH4O/c1-20(2,3)28-19(26)23-12-9-16(13-23)17(24)21-10-11-22-18(25)27-14-15-7-5-4-6-8-15;19-14(13-6-7-16-10-13)17-8-9-18-15(20)21-11-12-4-2-1-3-5-12;1-2/h4-8,16H,9-14H2,1-3H3,(H,21,24)(H,22,25);1-5,13,16H,6-11H2,(H,17,19)(H,18,20);2H,1H3. The summed E-state index contributed by atoms with van der Waals surface area (Å²) in [5, 5.41) is 20.9. The number of nitrogens with one attached hydrogen (secondary N) is 5. The van der Waals surface area contributed by atoms with Gasteiger partial charge in [0.2, 0.25) is 11.8 Å². The molecule has 6 N–H and O–H groups in total. The molecule has 0 bridgehead atoms. The maximum atomic E-state index is 12.2. The van der Waals surface area contributed by atoms with Crippen LogP contribution in [0.1, 0.15) is 44.7 Å². The second kappa shape index (κ2) is 23.5. The van der Waals surface area contributed by atoms with Gasteiger partial charge in [-0.1, -0.05) is 60.7 Å². The molecule has 15 nitrogen and oxygen atoms in total. The van der Waals surface area contributed by atoms with E-state index >= 15 is 0 Å². The molecule has 2 aliphatic rings. The van der Waals surface area contributed by atoms with E-state index in [-0.39, 0.29) is 43.4 Å². The lowest BCUT2D eigenvalue weighted by Gasteiger charge is -2.24. The van der Waals surface area contributed by atoms with Crippen molar-refractivity contribution in [1.29, 1.82) is 0 Å². The number of hydrogen-bond acceptors (Lipinski definition) is 10. The molecule has 2 unspecified atom stereocenters. The van der Waals surface area contributed by atoms with Gasteiger partial charge in [0.05, 0.1) is 11.8 Å². The fraction of sp³-hybridized carbons (Fsp3) is 0.528. The molecule has 2 aliphatic heterocycles. The molecule has 0 spiro atoms. The summed E-state index contributed by atoms with van der Waals surface area (Å²) >= 11 is 0. The van der Waals surface area contributed by atoms with Gasteiger partial charge in [-0.25, -0.2) is 14.4 Å². The molecule has 2 atom stereocenters. The van der Waals surface area contributed by atoms with Gasteiger partial charge in [0.15, 0.2) is 0 Å². The number of amides is 5. The van der Waals surface area contributed by atoms with E-state index in [0.29, 0.717) is 39.1 Å². The molecule has 0 aliphatic carbocycles. The highest BCUT2D eigenvalue weighted by Gasteiger charge is 2.33. The van der Waals surface area contributed by atoms with Crippen LogP contribution in [0.2, 0.25) is 0 Å². The van der Waals surface area contributed by atoms with Crippen molar-refractivity contribution < 1.29 is 43.3 Å². The molecule has 15 heteroatoms. The van der Waals surface area contributed by atoms with Crippen LogP contribution in [0.25, 0.3) is 0 Å². The predicted molar refractivity (Wildman–Crippen MR) is 190 cm³/mol. The van der Waals surface area contributed by atoms with Gasteiger partial charge >= 0.3 is 18.3 Å². The number of nitrogens with zero attached hydrogens (tertiary/aromatic N) is 1. The van der Waals surface area contributed by atoms with Crippen LogP contribution < -0.4 is 26.6 Å². The van der Waals surface area contributed by atoms with Gasteiger partial charge in [0.25, 0.3) is 0 Å². The van der Waals surface area contributed by atoms with Crippen LogP contribution in [0.4, 0.5) is 14.4 Å². The van der Waals surface area contributed by atoms with Crippen LogP contribution in [0.5, 0.6) is 0 Å². The third kappa shape index (κ3) is 18.1. The smallest absolute Gasteiger partial charge is 0.410 e. The number of alkyl carbamates (subject to hydrolysis) is 2. The zero-order valence-electron chi connectivity index (χ0n) is 30.1. The molecule has 2 aromatic rings. The van der Waals surface area contributed by atoms with Gasteiger partial charge in [-0.3, -0.25) is 9.59 Å². The minimum Gasteiger partial charge on any atom is -0.445 e. The first-order chi connectivity index (χ1) is 24.5. The highest BCUT2D eigenvalue weighted by molar-refractivity contribution is 5.81. The van der Waals surface area contributed by atoms with Crippen LogP contribution in [0.15, 0.2) is 60.7 Å². The Hall–Kier alpha value is -4.89. The fourth-order valence-electron chi connectivity index (χ4n) is 4.88. The zero-order valence-corrected chi connectivity index (χ0v) is 30.1. The summed E-state index contributed by atoms with van der Waals surface area (Å²) in [6.07, 6.45) is 0.0621. The monoisotopic (exact) mass is 714 g/mol. The molecule has 2 aromatic carbocycles. The van der Waals surface area contributed by atoms with Gasteiger partial charge in [-0.05, 0) is 51.3 Å². The van der Waals surface area contributed by atoms with Crippen LogP contribution >= 0.6 is 0 Å². The lowest BCUT2D eigenvalue weighted by Crippen LogP contribution is -2.40. The number of carbonyl (C=O) groups excluding carboxylic acids is 5. The van der Waals surface area contributed by atoms with Crippen molar-refractivity contribution in [3.05, 3.63) is 71.8 Å². The first kappa shape index (κ1) is 42.3. The molecule has 5 amide bonds. The molecule has 2 saturated heterocycles. The summed E-state index contributed by atoms with van der Waals surface area (Å²) in [5.74, 6) is -0.308. The summed E-state index contributed by atoms with van der Waals surface area (Å²) < 4.78 is 15.5. The molecule has 0 aromatic heterocycles. The second-order valence-corrected chi connectivity index (χ2v) is 12.7. The number of likely N-dealkylation sites (tertiary alicyclic amines) is 1. The summed E-state index contributed by atoms with van der Waals surface area (Å²) in [7, 11) is 1.00. The Morgan fingerprint density at radius 1 is 0.725 bits per heavy atom. The van der Waals surface area contributed by atoms with E-state index in [9.17, 15) is 24.0 Å². The highest BCUT2D eigenvalue weighted by Crippen LogP contribution is 2.19. The molecule has 0 radical (unpaired) electrons. The van der Waals surface area contributed by atoms with Gasteiger partial charge < -0.3 is 50.8 Å². The summed E-state index contributed by atoms with van der Waals surface area (Å²) in [6.45, 7) is 9.66. The van der Waals surface area contributed by atoms with Crippen molar-refractivity contribution in [3.63, 3.8) is 0 Å². The van der Waals surface area contributed by atoms with Crippen molar-refractivity contribution in [2.75, 3.05) is 59.5 Å². The van der Waals surface area contributed by atoms with Gasteiger partial charge in [0.1, 0.15) is 18.8 Å². The quantitative estimate of drug-likeness (QED) is 0.140. The third-order valence-corrected chi connectivity index (χ3v) is 7.45. The van der Waals surface area contributed by atoms with E-state index < -0.39 is 23.9 Å². The molecule has 2 fully saturated rings. The van der Waals surface area contributed by atoms with Crippen molar-refractivity contribution in [2.45, 2.75) is 52.4 Å². The van der Waals surface area contributed by atoms with E-state index in [4.69, 9.17) is 19.3 Å². The Morgan fingerprint density at radius 3 is 1.65 bits per heavy atom. The normalized spacial score (nSPS) is 16.2. The van der Waals surface area contributed by atoms with Crippen LogP contribution in [0, 0.1) is 11.8 Å². The predicted octanol–water partition coefficient (Wildman–Crippen LogP) is 2.53. The van der Waals surface area contributed by atoms with Crippen molar-refractivity contribution in [2.24, 2.45) is 11.8 Å². The maximum Gasteiger partial charge on any atom is 0.410 e. The molecule has 51 heavy (non-hydrogen) atoms. The SMILES string of the molecule is CC(C)(C)OC(=O)N1CCC(C(=O)NCCNC(=O)OCc2ccccc2)C1.CO.O=C(NCCNC(=O)C1CCNC1)OCc1ccccc1. The Labute approximate surface area is 300 Å². The average Bonchev–Trinajstić information content (AvgIpc) is 3.86. The molecule has 4 rings (SSSR count). The molecule has 282 valence electrons. The van der Waals surface area contributed by atoms with Crippen LogP contribution in [-0.4, -0.2) is 105 Å². The van der Waals surface area contributed by atoms with Gasteiger partial charge in [-0.15, -0.1) is 0 Å². The number of hydrogen-bond donors (Lipinski definition) is 6. The van der Waals surface area contributed by atoms with E-state index in [0.717, 1.165) is 37.7 Å². The number of aliphatic hydroxyl groups excluding tert-OH is 1. The maximum absolute atomic E-state index is 12.2. The number of ether oxygens (including phenoxy) is 3. The summed E-state index contributed by atoms with van der Waals surface area (Å²) in [6, 6.07) is 18.9. The van der Waals surface area contributed by atoms with Crippen molar-refractivity contribution in [1.82, 2.24) is 31.5 Å². The number of benzene rings is 2. The lowest BCUT2D eigenvalue weighted by atomic mass is 10.1. The second-order valence-electron chi connectivity index (χ2n) is 12.7. The van der Waals surface area contributed by atoms with Gasteiger partial charge in [0, 0.05) is 52.9 Å². The van der Waals surface area contributed by atoms with Crippen molar-refractivity contribution in [3.8, 4) is 0 Å². The van der Waals surface area contributed by atoms with E-state index in [1.54, 1.807) is 4.90 Å². The average molecular weight is 715 g/mol. The number of rotatable bonds is 12. The first-order valence-electron chi connectivity index (χ1n) is 17.1. The summed E-state index contributed by atoms with van der Waals surface area (Å²) in [4.78, 5) is 60.6. The Morgan fingerprint density at radius 2 is 1.20 bits per heavy atom. The topological polar surface area (TPSA) is 197 Å².